The first-order valence-corrected chi connectivity index (χ1v) is 15.1. The van der Waals surface area contributed by atoms with E-state index >= 15 is 0 Å². The largest absolute Gasteiger partial charge is 0.461 e. The first-order chi connectivity index (χ1) is 18.3. The summed E-state index contributed by atoms with van der Waals surface area (Å²) < 4.78 is 12.0. The molecule has 8 nitrogen and oxygen atoms in total. The van der Waals surface area contributed by atoms with Gasteiger partial charge >= 0.3 is 5.97 Å². The van der Waals surface area contributed by atoms with Crippen LogP contribution in [-0.2, 0) is 23.9 Å². The molecule has 2 amide bonds. The van der Waals surface area contributed by atoms with Crippen LogP contribution in [0.1, 0.15) is 73.1 Å². The van der Waals surface area contributed by atoms with Gasteiger partial charge in [0.05, 0.1) is 17.9 Å². The van der Waals surface area contributed by atoms with Crippen molar-refractivity contribution in [1.82, 2.24) is 9.80 Å². The quantitative estimate of drug-likeness (QED) is 0.137. The van der Waals surface area contributed by atoms with Gasteiger partial charge < -0.3 is 24.4 Å². The molecule has 3 heterocycles. The van der Waals surface area contributed by atoms with Crippen molar-refractivity contribution in [2.75, 3.05) is 26.3 Å². The van der Waals surface area contributed by atoms with Crippen LogP contribution in [0.4, 0.5) is 0 Å². The highest BCUT2D eigenvalue weighted by Gasteiger charge is 2.77. The van der Waals surface area contributed by atoms with Crippen LogP contribution in [0.2, 0.25) is 0 Å². The Morgan fingerprint density at radius 1 is 1.18 bits per heavy atom. The van der Waals surface area contributed by atoms with Crippen LogP contribution >= 0.6 is 15.9 Å². The Balaban J connectivity index is 2.03. The molecule has 1 N–H and O–H groups in total. The Morgan fingerprint density at radius 2 is 1.85 bits per heavy atom. The molecule has 6 atom stereocenters. The van der Waals surface area contributed by atoms with Crippen molar-refractivity contribution in [3.05, 3.63) is 25.3 Å². The second-order valence-electron chi connectivity index (χ2n) is 13.0. The van der Waals surface area contributed by atoms with E-state index in [0.717, 1.165) is 19.3 Å². The maximum atomic E-state index is 14.7. The van der Waals surface area contributed by atoms with Gasteiger partial charge in [0.2, 0.25) is 11.8 Å². The summed E-state index contributed by atoms with van der Waals surface area (Å²) in [4.78, 5) is 45.3. The third-order valence-electron chi connectivity index (χ3n) is 8.22. The van der Waals surface area contributed by atoms with Gasteiger partial charge in [-0.25, -0.2) is 0 Å². The maximum Gasteiger partial charge on any atom is 0.312 e. The van der Waals surface area contributed by atoms with Gasteiger partial charge in [-0.2, -0.15) is 0 Å². The molecule has 1 spiro atoms. The predicted molar refractivity (Wildman–Crippen MR) is 154 cm³/mol. The Morgan fingerprint density at radius 3 is 2.44 bits per heavy atom. The molecule has 0 aliphatic carbocycles. The van der Waals surface area contributed by atoms with Crippen LogP contribution in [0.15, 0.2) is 25.3 Å². The second kappa shape index (κ2) is 12.4. The number of esters is 1. The fourth-order valence-electron chi connectivity index (χ4n) is 7.21. The zero-order valence-corrected chi connectivity index (χ0v) is 25.9. The predicted octanol–water partition coefficient (Wildman–Crippen LogP) is 4.25. The average molecular weight is 612 g/mol. The third-order valence-corrected chi connectivity index (χ3v) is 9.06. The van der Waals surface area contributed by atoms with Crippen LogP contribution in [-0.4, -0.2) is 87.1 Å². The molecule has 0 aromatic carbocycles. The van der Waals surface area contributed by atoms with E-state index in [1.54, 1.807) is 11.0 Å². The van der Waals surface area contributed by atoms with Crippen molar-refractivity contribution in [3.8, 4) is 0 Å². The van der Waals surface area contributed by atoms with Crippen LogP contribution in [0.5, 0.6) is 0 Å². The van der Waals surface area contributed by atoms with Crippen molar-refractivity contribution in [1.29, 1.82) is 0 Å². The van der Waals surface area contributed by atoms with Gasteiger partial charge in [-0.1, -0.05) is 68.3 Å². The zero-order valence-electron chi connectivity index (χ0n) is 24.3. The standard InChI is InChI=1S/C30H47BrN2O6/c1-8-14-33(29(6,7)19-28(3,4)5)26(36)24-30-18-20(31)23(39-30)21(27(37)38-17-9-2)22(30)25(35)32(24)15-12-10-11-13-16-34/h8-9,20-24,34H,1-2,10-19H2,3-7H3/t20?,21-,22+,23-,24?,30?/m1/s1. The number of hydrogen-bond donors (Lipinski definition) is 1. The van der Waals surface area contributed by atoms with Crippen LogP contribution in [0, 0.1) is 17.3 Å². The van der Waals surface area contributed by atoms with Crippen molar-refractivity contribution in [3.63, 3.8) is 0 Å². The van der Waals surface area contributed by atoms with Crippen molar-refractivity contribution in [2.24, 2.45) is 17.3 Å². The van der Waals surface area contributed by atoms with Crippen molar-refractivity contribution < 1.29 is 29.0 Å². The maximum absolute atomic E-state index is 14.7. The lowest BCUT2D eigenvalue weighted by atomic mass is 9.70. The van der Waals surface area contributed by atoms with E-state index in [9.17, 15) is 14.4 Å². The van der Waals surface area contributed by atoms with E-state index in [0.29, 0.717) is 32.4 Å². The molecule has 0 saturated carbocycles. The van der Waals surface area contributed by atoms with Crippen LogP contribution < -0.4 is 0 Å². The lowest BCUT2D eigenvalue weighted by Crippen LogP contribution is -2.61. The summed E-state index contributed by atoms with van der Waals surface area (Å²) in [5.41, 5.74) is -1.67. The number of hydrogen-bond acceptors (Lipinski definition) is 6. The molecular weight excluding hydrogens is 564 g/mol. The topological polar surface area (TPSA) is 96.4 Å². The van der Waals surface area contributed by atoms with E-state index in [1.165, 1.54) is 6.08 Å². The summed E-state index contributed by atoms with van der Waals surface area (Å²) in [6.07, 6.45) is 6.94. The highest BCUT2D eigenvalue weighted by molar-refractivity contribution is 9.09. The smallest absolute Gasteiger partial charge is 0.312 e. The highest BCUT2D eigenvalue weighted by atomic mass is 79.9. The Hall–Kier alpha value is -1.71. The number of unbranched alkanes of at least 4 members (excludes halogenated alkanes) is 3. The van der Waals surface area contributed by atoms with E-state index in [2.05, 4.69) is 63.7 Å². The number of alkyl halides is 1. The molecule has 0 aromatic heterocycles. The lowest BCUT2D eigenvalue weighted by Gasteiger charge is -2.45. The fourth-order valence-corrected chi connectivity index (χ4v) is 8.15. The highest BCUT2D eigenvalue weighted by Crippen LogP contribution is 2.60. The molecule has 3 saturated heterocycles. The monoisotopic (exact) mass is 610 g/mol. The minimum atomic E-state index is -1.12. The summed E-state index contributed by atoms with van der Waals surface area (Å²) in [5, 5.41) is 9.16. The normalized spacial score (nSPS) is 29.9. The molecule has 3 unspecified atom stereocenters. The Bertz CT molecular complexity index is 946. The number of carbonyl (C=O) groups is 3. The number of aliphatic hydroxyl groups excluding tert-OH is 1. The number of fused-ring (bicyclic) bond motifs is 1. The van der Waals surface area contributed by atoms with Gasteiger partial charge in [0, 0.05) is 30.1 Å². The molecule has 0 radical (unpaired) electrons. The number of aliphatic hydroxyl groups is 1. The van der Waals surface area contributed by atoms with E-state index in [1.807, 2.05) is 4.90 Å². The van der Waals surface area contributed by atoms with Gasteiger partial charge in [-0.3, -0.25) is 14.4 Å². The number of ether oxygens (including phenoxy) is 2. The van der Waals surface area contributed by atoms with Crippen LogP contribution in [0.3, 0.4) is 0 Å². The molecule has 39 heavy (non-hydrogen) atoms. The number of rotatable bonds is 14. The summed E-state index contributed by atoms with van der Waals surface area (Å²) in [6.45, 7) is 19.0. The van der Waals surface area contributed by atoms with Gasteiger partial charge in [0.1, 0.15) is 18.2 Å². The average Bonchev–Trinajstić information content (AvgIpc) is 3.42. The number of carbonyl (C=O) groups excluding carboxylic acids is 3. The molecule has 3 aliphatic heterocycles. The summed E-state index contributed by atoms with van der Waals surface area (Å²) >= 11 is 3.70. The van der Waals surface area contributed by atoms with E-state index in [-0.39, 0.29) is 35.3 Å². The molecule has 220 valence electrons. The van der Waals surface area contributed by atoms with Crippen molar-refractivity contribution in [2.45, 2.75) is 101 Å². The molecule has 3 fully saturated rings. The molecule has 3 aliphatic rings. The molecule has 2 bridgehead atoms. The van der Waals surface area contributed by atoms with Crippen LogP contribution in [0.25, 0.3) is 0 Å². The molecule has 0 aromatic rings. The Labute approximate surface area is 242 Å². The third kappa shape index (κ3) is 6.30. The number of amides is 2. The number of likely N-dealkylation sites (tertiary alicyclic amines) is 1. The Kier molecular flexibility index (Phi) is 10.1. The summed E-state index contributed by atoms with van der Waals surface area (Å²) in [6, 6.07) is -0.853. The van der Waals surface area contributed by atoms with Crippen molar-refractivity contribution >= 4 is 33.7 Å². The fraction of sp³-hybridized carbons (Fsp3) is 0.767. The lowest BCUT2D eigenvalue weighted by molar-refractivity contribution is -0.155. The van der Waals surface area contributed by atoms with Gasteiger partial charge in [-0.05, 0) is 44.9 Å². The van der Waals surface area contributed by atoms with E-state index < -0.39 is 41.1 Å². The summed E-state index contributed by atoms with van der Waals surface area (Å²) in [5.74, 6) is -2.45. The molecule has 3 rings (SSSR count). The minimum Gasteiger partial charge on any atom is -0.461 e. The van der Waals surface area contributed by atoms with Gasteiger partial charge in [-0.15, -0.1) is 6.58 Å². The van der Waals surface area contributed by atoms with Gasteiger partial charge in [0.25, 0.3) is 0 Å². The molecule has 9 heteroatoms. The zero-order chi connectivity index (χ0) is 29.2. The first kappa shape index (κ1) is 31.8. The summed E-state index contributed by atoms with van der Waals surface area (Å²) in [7, 11) is 0. The SMILES string of the molecule is C=CCOC(=O)[C@H]1[C@@H]2OC3(CC2Br)C(C(=O)N(CC=C)C(C)(C)CC(C)(C)C)N(CCCCCCO)C(=O)[C@H]13. The minimum absolute atomic E-state index is 0.0365. The first-order valence-electron chi connectivity index (χ1n) is 14.2. The molecular formula is C30H47BrN2O6. The number of halogens is 1. The van der Waals surface area contributed by atoms with Gasteiger partial charge in [0.15, 0.2) is 0 Å². The second-order valence-corrected chi connectivity index (χ2v) is 14.2. The van der Waals surface area contributed by atoms with E-state index in [4.69, 9.17) is 14.6 Å². The number of nitrogens with zero attached hydrogens (tertiary/aromatic N) is 2.